The Morgan fingerprint density at radius 1 is 1.03 bits per heavy atom. The second-order valence-electron chi connectivity index (χ2n) is 8.74. The molecule has 2 aromatic carbocycles. The molecule has 1 fully saturated rings. The summed E-state index contributed by atoms with van der Waals surface area (Å²) < 4.78 is 9.96. The molecule has 0 bridgehead atoms. The molecule has 1 atom stereocenters. The number of carbonyl (C=O) groups excluding carboxylic acids is 2. The van der Waals surface area contributed by atoms with Crippen LogP contribution in [-0.2, 0) is 14.9 Å². The second kappa shape index (κ2) is 12.1. The predicted molar refractivity (Wildman–Crippen MR) is 139 cm³/mol. The summed E-state index contributed by atoms with van der Waals surface area (Å²) in [7, 11) is 0. The summed E-state index contributed by atoms with van der Waals surface area (Å²) in [5.74, 6) is 0. The van der Waals surface area contributed by atoms with Gasteiger partial charge in [0.2, 0.25) is 0 Å². The summed E-state index contributed by atoms with van der Waals surface area (Å²) in [6, 6.07) is 21.8. The van der Waals surface area contributed by atoms with E-state index in [1.807, 2.05) is 73.7 Å². The first-order chi connectivity index (χ1) is 17.0. The number of ether oxygens (including phenoxy) is 1. The number of aromatic nitrogens is 2. The van der Waals surface area contributed by atoms with Gasteiger partial charge in [-0.25, -0.2) is 4.79 Å². The molecule has 2 N–H and O–H groups in total. The van der Waals surface area contributed by atoms with E-state index in [1.54, 1.807) is 13.1 Å². The zero-order valence-electron chi connectivity index (χ0n) is 20.9. The second-order valence-corrected chi connectivity index (χ2v) is 9.51. The molecule has 0 aliphatic heterocycles. The number of hydrogen-bond acceptors (Lipinski definition) is 7. The minimum Gasteiger partial charge on any atom is -0.870 e. The number of hydrogen-bond donors (Lipinski definition) is 1. The van der Waals surface area contributed by atoms with Gasteiger partial charge in [0, 0.05) is 6.20 Å². The van der Waals surface area contributed by atoms with Crippen LogP contribution in [0.1, 0.15) is 42.8 Å². The zero-order chi connectivity index (χ0) is 24.4. The molecule has 9 heteroatoms. The van der Waals surface area contributed by atoms with Crippen LogP contribution >= 0.6 is 11.5 Å². The third-order valence-electron chi connectivity index (χ3n) is 6.34. The Morgan fingerprint density at radius 3 is 2.22 bits per heavy atom. The molecule has 184 valence electrons. The molecule has 5 rings (SSSR count). The largest absolute Gasteiger partial charge is 1.00 e. The van der Waals surface area contributed by atoms with Crippen LogP contribution in [0.15, 0.2) is 72.9 Å². The van der Waals surface area contributed by atoms with Crippen LogP contribution in [0, 0.1) is 6.92 Å². The molecule has 0 spiro atoms. The fraction of sp³-hybridized carbons (Fsp3) is 0.214. The van der Waals surface area contributed by atoms with Gasteiger partial charge in [-0.15, -0.1) is 5.41 Å². The molecule has 1 saturated carbocycles. The summed E-state index contributed by atoms with van der Waals surface area (Å²) in [5, 5.41) is 2.86. The van der Waals surface area contributed by atoms with Crippen LogP contribution in [0.4, 0.5) is 10.5 Å². The van der Waals surface area contributed by atoms with Gasteiger partial charge in [0.05, 0.1) is 22.0 Å². The van der Waals surface area contributed by atoms with Crippen LogP contribution in [-0.4, -0.2) is 27.2 Å². The van der Waals surface area contributed by atoms with Crippen molar-refractivity contribution in [1.82, 2.24) is 9.36 Å². The Morgan fingerprint density at radius 2 is 1.65 bits per heavy atom. The average molecular weight is 523 g/mol. The molecule has 0 unspecified atom stereocenters. The minimum atomic E-state index is -0.551. The van der Waals surface area contributed by atoms with Gasteiger partial charge in [0.15, 0.2) is 0 Å². The maximum Gasteiger partial charge on any atom is 1.00 e. The standard InChI is InChI=1S/C28H24N3O3S.Na.H2O/c1-18-25(30-27(33)34-19(2)24-5-3-4-16-29-24)26(35-31-18)22-8-6-20(7-9-22)21-10-12-23(13-11-21)28(17-32)14-15-28;;/h3-13,16,19H,14-15H2,1-2H3,(H,30,33);;1H2/q-1;+1;/p-1/t19-;;/m1../s1. The van der Waals surface area contributed by atoms with Crippen LogP contribution in [0.2, 0.25) is 0 Å². The van der Waals surface area contributed by atoms with Crippen molar-refractivity contribution in [2.75, 3.05) is 5.32 Å². The Bertz CT molecular complexity index is 1350. The van der Waals surface area contributed by atoms with E-state index in [9.17, 15) is 9.59 Å². The third kappa shape index (κ3) is 6.17. The van der Waals surface area contributed by atoms with Gasteiger partial charge in [0.25, 0.3) is 0 Å². The molecule has 1 aliphatic carbocycles. The van der Waals surface area contributed by atoms with Crippen molar-refractivity contribution in [2.45, 2.75) is 38.2 Å². The molecule has 1 amide bonds. The Labute approximate surface area is 242 Å². The van der Waals surface area contributed by atoms with Crippen molar-refractivity contribution >= 4 is 29.6 Å². The average Bonchev–Trinajstić information content (AvgIpc) is 3.62. The van der Waals surface area contributed by atoms with Gasteiger partial charge >= 0.3 is 35.7 Å². The first kappa shape index (κ1) is 28.7. The quantitative estimate of drug-likeness (QED) is 0.294. The molecule has 4 aromatic rings. The SMILES string of the molecule is Cc1nsc(-c2ccc(-c3ccc(C4([C-]=O)CC4)cc3)cc2)c1NC(=O)O[C@H](C)c1ccccn1.[Na+].[OH-]. The van der Waals surface area contributed by atoms with E-state index in [-0.39, 0.29) is 40.4 Å². The predicted octanol–water partition coefficient (Wildman–Crippen LogP) is 3.46. The summed E-state index contributed by atoms with van der Waals surface area (Å²) in [6.07, 6.45) is 4.60. The molecule has 2 aromatic heterocycles. The number of pyridine rings is 1. The topological polar surface area (TPSA) is 111 Å². The van der Waals surface area contributed by atoms with Crippen molar-refractivity contribution < 1.29 is 49.4 Å². The fourth-order valence-corrected chi connectivity index (χ4v) is 4.90. The number of aryl methyl sites for hydroxylation is 1. The third-order valence-corrected chi connectivity index (χ3v) is 7.33. The summed E-state index contributed by atoms with van der Waals surface area (Å²) >= 11 is 1.33. The zero-order valence-corrected chi connectivity index (χ0v) is 23.7. The van der Waals surface area contributed by atoms with E-state index in [0.717, 1.165) is 45.7 Å². The van der Waals surface area contributed by atoms with Gasteiger partial charge in [-0.2, -0.15) is 4.37 Å². The number of nitrogens with one attached hydrogen (secondary N) is 1. The summed E-state index contributed by atoms with van der Waals surface area (Å²) in [5.41, 5.74) is 5.81. The van der Waals surface area contributed by atoms with Crippen molar-refractivity contribution in [3.8, 4) is 21.6 Å². The van der Waals surface area contributed by atoms with Crippen LogP contribution in [0.25, 0.3) is 21.6 Å². The monoisotopic (exact) mass is 522 g/mol. The molecule has 7 nitrogen and oxygen atoms in total. The molecular weight excluding hydrogens is 497 g/mol. The first-order valence-corrected chi connectivity index (χ1v) is 12.2. The normalized spacial score (nSPS) is 13.9. The molecule has 0 saturated heterocycles. The maximum atomic E-state index is 12.6. The van der Waals surface area contributed by atoms with Gasteiger partial charge in [-0.05, 0) is 54.2 Å². The minimum absolute atomic E-state index is 0. The van der Waals surface area contributed by atoms with E-state index in [4.69, 9.17) is 4.74 Å². The van der Waals surface area contributed by atoms with E-state index in [1.165, 1.54) is 11.5 Å². The molecule has 0 radical (unpaired) electrons. The fourth-order valence-electron chi connectivity index (χ4n) is 4.05. The smallest absolute Gasteiger partial charge is 0.870 e. The van der Waals surface area contributed by atoms with Crippen LogP contribution < -0.4 is 34.9 Å². The van der Waals surface area contributed by atoms with Crippen molar-refractivity contribution in [1.29, 1.82) is 0 Å². The number of benzene rings is 2. The van der Waals surface area contributed by atoms with Gasteiger partial charge in [0.1, 0.15) is 6.10 Å². The Kier molecular flexibility index (Phi) is 9.39. The number of amides is 1. The molecular formula is C28H25N3NaO4S-. The van der Waals surface area contributed by atoms with E-state index < -0.39 is 12.2 Å². The van der Waals surface area contributed by atoms with Crippen molar-refractivity contribution in [2.24, 2.45) is 0 Å². The van der Waals surface area contributed by atoms with Gasteiger partial charge in [-0.3, -0.25) is 16.6 Å². The van der Waals surface area contributed by atoms with E-state index in [0.29, 0.717) is 11.4 Å². The number of nitrogens with zero attached hydrogens (tertiary/aromatic N) is 2. The van der Waals surface area contributed by atoms with Crippen molar-refractivity contribution in [3.63, 3.8) is 0 Å². The van der Waals surface area contributed by atoms with Crippen molar-refractivity contribution in [3.05, 3.63) is 89.9 Å². The summed E-state index contributed by atoms with van der Waals surface area (Å²) in [6.45, 7) is 3.64. The molecule has 1 aliphatic rings. The van der Waals surface area contributed by atoms with Crippen LogP contribution in [0.3, 0.4) is 0 Å². The number of rotatable bonds is 7. The Hall–Kier alpha value is -2.88. The number of carbonyl (C=O) groups is 1. The van der Waals surface area contributed by atoms with Crippen LogP contribution in [0.5, 0.6) is 0 Å². The molecule has 2 heterocycles. The Balaban J connectivity index is 0.00000190. The number of anilines is 1. The molecule has 37 heavy (non-hydrogen) atoms. The van der Waals surface area contributed by atoms with Gasteiger partial charge in [-0.1, -0.05) is 73.0 Å². The van der Waals surface area contributed by atoms with Gasteiger partial charge < -0.3 is 15.0 Å². The van der Waals surface area contributed by atoms with E-state index >= 15 is 0 Å². The first-order valence-electron chi connectivity index (χ1n) is 11.4. The van der Waals surface area contributed by atoms with E-state index in [2.05, 4.69) is 21.0 Å². The maximum absolute atomic E-state index is 12.6. The summed E-state index contributed by atoms with van der Waals surface area (Å²) in [4.78, 5) is 29.0.